The lowest BCUT2D eigenvalue weighted by Crippen LogP contribution is -2.42. The van der Waals surface area contributed by atoms with Crippen molar-refractivity contribution in [2.24, 2.45) is 11.1 Å². The molecule has 4 N–H and O–H groups in total. The van der Waals surface area contributed by atoms with Crippen LogP contribution in [0.4, 0.5) is 4.79 Å². The highest BCUT2D eigenvalue weighted by molar-refractivity contribution is 7.89. The van der Waals surface area contributed by atoms with Gasteiger partial charge in [0.25, 0.3) is 0 Å². The van der Waals surface area contributed by atoms with Crippen LogP contribution >= 0.6 is 0 Å². The standard InChI is InChI=1S/C25H25N3O3S/c26-32(30,31)18-11-9-16(10-12-18)14-27-25(29)28-15-17-13-23-19-5-1-3-7-21(19)24(17)22-8-4-2-6-20(22)23/h1-12,17,23-24H,13-15H2,(H2,26,30,31)(H2,27,28,29). The third-order valence-electron chi connectivity index (χ3n) is 6.65. The van der Waals surface area contributed by atoms with Gasteiger partial charge < -0.3 is 10.6 Å². The molecule has 7 heteroatoms. The van der Waals surface area contributed by atoms with E-state index in [0.717, 1.165) is 12.0 Å². The Labute approximate surface area is 187 Å². The van der Waals surface area contributed by atoms with Crippen LogP contribution in [0, 0.1) is 5.92 Å². The fourth-order valence-electron chi connectivity index (χ4n) is 5.23. The van der Waals surface area contributed by atoms with Gasteiger partial charge in [-0.25, -0.2) is 18.4 Å². The molecule has 0 aliphatic heterocycles. The van der Waals surface area contributed by atoms with Gasteiger partial charge in [-0.1, -0.05) is 60.7 Å². The zero-order valence-corrected chi connectivity index (χ0v) is 18.3. The molecule has 0 heterocycles. The van der Waals surface area contributed by atoms with E-state index in [1.165, 1.54) is 34.4 Å². The molecular formula is C25H25N3O3S. The number of rotatable bonds is 5. The fraction of sp³-hybridized carbons (Fsp3) is 0.240. The summed E-state index contributed by atoms with van der Waals surface area (Å²) in [6.07, 6.45) is 1.02. The predicted octanol–water partition coefficient (Wildman–Crippen LogP) is 3.43. The third kappa shape index (κ3) is 3.78. The van der Waals surface area contributed by atoms with Crippen molar-refractivity contribution in [1.29, 1.82) is 0 Å². The molecule has 3 aliphatic rings. The number of nitrogens with two attached hydrogens (primary N) is 1. The predicted molar refractivity (Wildman–Crippen MR) is 123 cm³/mol. The first-order valence-electron chi connectivity index (χ1n) is 10.7. The highest BCUT2D eigenvalue weighted by atomic mass is 32.2. The molecule has 3 aromatic carbocycles. The van der Waals surface area contributed by atoms with Crippen LogP contribution < -0.4 is 15.8 Å². The van der Waals surface area contributed by atoms with E-state index in [-0.39, 0.29) is 10.9 Å². The van der Waals surface area contributed by atoms with Crippen LogP contribution in [0.3, 0.4) is 0 Å². The maximum absolute atomic E-state index is 12.4. The topological polar surface area (TPSA) is 101 Å². The average Bonchev–Trinajstić information content (AvgIpc) is 2.81. The van der Waals surface area contributed by atoms with Crippen molar-refractivity contribution >= 4 is 16.1 Å². The second-order valence-corrected chi connectivity index (χ2v) is 10.1. The van der Waals surface area contributed by atoms with Crippen molar-refractivity contribution in [3.05, 3.63) is 101 Å². The number of fused-ring (bicyclic) bond motifs is 1. The van der Waals surface area contributed by atoms with E-state index in [1.54, 1.807) is 12.1 Å². The summed E-state index contributed by atoms with van der Waals surface area (Å²) >= 11 is 0. The molecule has 6 nitrogen and oxygen atoms in total. The lowest BCUT2D eigenvalue weighted by Gasteiger charge is -2.45. The molecule has 6 rings (SSSR count). The zero-order chi connectivity index (χ0) is 22.3. The van der Waals surface area contributed by atoms with Crippen LogP contribution in [0.25, 0.3) is 0 Å². The van der Waals surface area contributed by atoms with E-state index < -0.39 is 10.0 Å². The van der Waals surface area contributed by atoms with Crippen molar-refractivity contribution < 1.29 is 13.2 Å². The largest absolute Gasteiger partial charge is 0.338 e. The van der Waals surface area contributed by atoms with Crippen LogP contribution in [-0.2, 0) is 16.6 Å². The minimum Gasteiger partial charge on any atom is -0.338 e. The molecule has 3 aromatic rings. The maximum atomic E-state index is 12.4. The van der Waals surface area contributed by atoms with Crippen LogP contribution in [0.2, 0.25) is 0 Å². The van der Waals surface area contributed by atoms with Gasteiger partial charge >= 0.3 is 6.03 Å². The first kappa shape index (κ1) is 20.7. The van der Waals surface area contributed by atoms with Crippen LogP contribution in [0.1, 0.15) is 46.1 Å². The molecule has 32 heavy (non-hydrogen) atoms. The van der Waals surface area contributed by atoms with E-state index in [4.69, 9.17) is 5.14 Å². The second-order valence-electron chi connectivity index (χ2n) is 8.54. The molecule has 0 aromatic heterocycles. The first-order valence-corrected chi connectivity index (χ1v) is 12.3. The highest BCUT2D eigenvalue weighted by Gasteiger charge is 2.42. The van der Waals surface area contributed by atoms with Gasteiger partial charge in [-0.2, -0.15) is 0 Å². The summed E-state index contributed by atoms with van der Waals surface area (Å²) < 4.78 is 22.7. The molecule has 0 saturated heterocycles. The van der Waals surface area contributed by atoms with Crippen LogP contribution in [-0.4, -0.2) is 21.0 Å². The second kappa shape index (κ2) is 8.07. The average molecular weight is 448 g/mol. The van der Waals surface area contributed by atoms with Crippen molar-refractivity contribution in [2.75, 3.05) is 6.54 Å². The van der Waals surface area contributed by atoms with Crippen LogP contribution in [0.5, 0.6) is 0 Å². The zero-order valence-electron chi connectivity index (χ0n) is 17.5. The smallest absolute Gasteiger partial charge is 0.315 e. The molecule has 1 atom stereocenters. The summed E-state index contributed by atoms with van der Waals surface area (Å²) in [7, 11) is -3.72. The van der Waals surface area contributed by atoms with Gasteiger partial charge in [0.05, 0.1) is 4.90 Å². The Kier molecular flexibility index (Phi) is 5.23. The Morgan fingerprint density at radius 1 is 0.844 bits per heavy atom. The SMILES string of the molecule is NS(=O)(=O)c1ccc(CNC(=O)NCC2CC3c4ccccc4C2c2ccccc23)cc1. The number of nitrogens with one attached hydrogen (secondary N) is 2. The van der Waals surface area contributed by atoms with E-state index in [0.29, 0.717) is 30.8 Å². The number of carbonyl (C=O) groups is 1. The monoisotopic (exact) mass is 447 g/mol. The number of sulfonamides is 1. The van der Waals surface area contributed by atoms with Crippen molar-refractivity contribution in [3.63, 3.8) is 0 Å². The van der Waals surface area contributed by atoms with Gasteiger partial charge in [0.15, 0.2) is 0 Å². The maximum Gasteiger partial charge on any atom is 0.315 e. The number of hydrogen-bond acceptors (Lipinski definition) is 3. The molecule has 2 bridgehead atoms. The lowest BCUT2D eigenvalue weighted by molar-refractivity contribution is 0.235. The normalized spacial score (nSPS) is 20.8. The first-order chi connectivity index (χ1) is 15.4. The van der Waals surface area contributed by atoms with Crippen molar-refractivity contribution in [3.8, 4) is 0 Å². The number of amides is 2. The van der Waals surface area contributed by atoms with Gasteiger partial charge in [-0.3, -0.25) is 0 Å². The fourth-order valence-corrected chi connectivity index (χ4v) is 5.74. The Hall–Kier alpha value is -3.16. The third-order valence-corrected chi connectivity index (χ3v) is 7.58. The van der Waals surface area contributed by atoms with Gasteiger partial charge in [-0.05, 0) is 52.3 Å². The Morgan fingerprint density at radius 3 is 1.97 bits per heavy atom. The molecule has 0 radical (unpaired) electrons. The van der Waals surface area contributed by atoms with Gasteiger partial charge in [0, 0.05) is 24.9 Å². The molecule has 0 spiro atoms. The molecule has 164 valence electrons. The molecule has 1 unspecified atom stereocenters. The summed E-state index contributed by atoms with van der Waals surface area (Å²) in [5.74, 6) is 1.00. The lowest BCUT2D eigenvalue weighted by atomic mass is 9.59. The highest BCUT2D eigenvalue weighted by Crippen LogP contribution is 2.55. The van der Waals surface area contributed by atoms with E-state index in [2.05, 4.69) is 59.2 Å². The Bertz CT molecular complexity index is 1220. The molecule has 2 amide bonds. The van der Waals surface area contributed by atoms with Crippen molar-refractivity contribution in [1.82, 2.24) is 10.6 Å². The minimum absolute atomic E-state index is 0.0543. The number of benzene rings is 3. The van der Waals surface area contributed by atoms with E-state index >= 15 is 0 Å². The summed E-state index contributed by atoms with van der Waals surface area (Å²) in [6, 6.07) is 23.3. The summed E-state index contributed by atoms with van der Waals surface area (Å²) in [5.41, 5.74) is 6.39. The van der Waals surface area contributed by atoms with E-state index in [9.17, 15) is 13.2 Å². The number of urea groups is 1. The Morgan fingerprint density at radius 2 is 1.41 bits per heavy atom. The molecule has 0 fully saturated rings. The number of hydrogen-bond donors (Lipinski definition) is 3. The summed E-state index contributed by atoms with van der Waals surface area (Å²) in [6.45, 7) is 0.902. The number of carbonyl (C=O) groups excluding carboxylic acids is 1. The molecule has 0 saturated carbocycles. The van der Waals surface area contributed by atoms with Gasteiger partial charge in [0.2, 0.25) is 10.0 Å². The van der Waals surface area contributed by atoms with Gasteiger partial charge in [0.1, 0.15) is 0 Å². The summed E-state index contributed by atoms with van der Waals surface area (Å²) in [5, 5.41) is 11.0. The Balaban J connectivity index is 1.24. The number of primary sulfonamides is 1. The van der Waals surface area contributed by atoms with Crippen LogP contribution in [0.15, 0.2) is 77.7 Å². The molecule has 3 aliphatic carbocycles. The quantitative estimate of drug-likeness (QED) is 0.558. The molecular weight excluding hydrogens is 422 g/mol. The van der Waals surface area contributed by atoms with E-state index in [1.807, 2.05) is 0 Å². The minimum atomic E-state index is -3.72. The summed E-state index contributed by atoms with van der Waals surface area (Å²) in [4.78, 5) is 12.5. The van der Waals surface area contributed by atoms with Crippen molar-refractivity contribution in [2.45, 2.75) is 29.7 Å². The van der Waals surface area contributed by atoms with Gasteiger partial charge in [-0.15, -0.1) is 0 Å².